The SMILES string of the molecule is O=C1Nc2ccccc2[C@]12N1CSCC1[C@H](c1ccc([N+](=O)[O-])cc1)[C@]21SC(=S)NC1=O. The molecule has 8 nitrogen and oxygen atoms in total. The van der Waals surface area contributed by atoms with Gasteiger partial charge in [-0.3, -0.25) is 24.6 Å². The molecule has 2 spiro atoms. The molecule has 3 saturated heterocycles. The number of non-ortho nitro benzene ring substituents is 1. The number of anilines is 1. The molecule has 0 radical (unpaired) electrons. The van der Waals surface area contributed by atoms with Gasteiger partial charge in [-0.1, -0.05) is 54.3 Å². The maximum absolute atomic E-state index is 13.8. The van der Waals surface area contributed by atoms with E-state index in [4.69, 9.17) is 12.2 Å². The van der Waals surface area contributed by atoms with E-state index in [1.165, 1.54) is 23.9 Å². The third-order valence-corrected chi connectivity index (χ3v) is 9.61. The first-order valence-electron chi connectivity index (χ1n) is 9.95. The minimum atomic E-state index is -1.24. The van der Waals surface area contributed by atoms with Crippen molar-refractivity contribution in [2.24, 2.45) is 0 Å². The second kappa shape index (κ2) is 6.77. The summed E-state index contributed by atoms with van der Waals surface area (Å²) in [6.45, 7) is 0. The van der Waals surface area contributed by atoms with Gasteiger partial charge < -0.3 is 10.6 Å². The number of hydrogen-bond acceptors (Lipinski definition) is 8. The summed E-state index contributed by atoms with van der Waals surface area (Å²) in [5.41, 5.74) is 1.00. The molecule has 2 amide bonds. The third-order valence-electron chi connectivity index (χ3n) is 6.87. The summed E-state index contributed by atoms with van der Waals surface area (Å²) in [5.74, 6) is 0.421. The number of nitrogens with zero attached hydrogens (tertiary/aromatic N) is 2. The highest BCUT2D eigenvalue weighted by atomic mass is 32.2. The third kappa shape index (κ3) is 2.26. The topological polar surface area (TPSA) is 105 Å². The number of hydrogen-bond donors (Lipinski definition) is 2. The fraction of sp³-hybridized carbons (Fsp3) is 0.286. The summed E-state index contributed by atoms with van der Waals surface area (Å²) < 4.78 is -0.893. The largest absolute Gasteiger partial charge is 0.324 e. The minimum Gasteiger partial charge on any atom is -0.324 e. The molecule has 162 valence electrons. The van der Waals surface area contributed by atoms with E-state index in [0.717, 1.165) is 16.9 Å². The zero-order valence-corrected chi connectivity index (χ0v) is 18.9. The molecule has 2 N–H and O–H groups in total. The van der Waals surface area contributed by atoms with Crippen LogP contribution in [0.5, 0.6) is 0 Å². The number of nitro benzene ring substituents is 1. The van der Waals surface area contributed by atoms with E-state index < -0.39 is 15.2 Å². The number of nitro groups is 1. The van der Waals surface area contributed by atoms with Crippen molar-refractivity contribution in [3.63, 3.8) is 0 Å². The summed E-state index contributed by atoms with van der Waals surface area (Å²) in [4.78, 5) is 40.5. The lowest BCUT2D eigenvalue weighted by molar-refractivity contribution is -0.384. The molecule has 4 heterocycles. The Kier molecular flexibility index (Phi) is 4.26. The van der Waals surface area contributed by atoms with Gasteiger partial charge in [0.15, 0.2) is 5.54 Å². The Morgan fingerprint density at radius 1 is 1.09 bits per heavy atom. The van der Waals surface area contributed by atoms with Gasteiger partial charge in [-0.15, -0.1) is 11.8 Å². The lowest BCUT2D eigenvalue weighted by Crippen LogP contribution is -2.62. The molecular formula is C21H16N4O4S3. The van der Waals surface area contributed by atoms with Gasteiger partial charge in [-0.2, -0.15) is 0 Å². The van der Waals surface area contributed by atoms with E-state index in [2.05, 4.69) is 15.5 Å². The summed E-state index contributed by atoms with van der Waals surface area (Å²) in [6.07, 6.45) is 0. The summed E-state index contributed by atoms with van der Waals surface area (Å²) in [5, 5.41) is 17.0. The van der Waals surface area contributed by atoms with Crippen molar-refractivity contribution in [1.82, 2.24) is 10.2 Å². The number of carbonyl (C=O) groups excluding carboxylic acids is 2. The molecule has 32 heavy (non-hydrogen) atoms. The molecule has 2 aromatic carbocycles. The van der Waals surface area contributed by atoms with E-state index in [0.29, 0.717) is 15.9 Å². The van der Waals surface area contributed by atoms with Crippen LogP contribution in [0.2, 0.25) is 0 Å². The van der Waals surface area contributed by atoms with Gasteiger partial charge in [-0.05, 0) is 11.6 Å². The first-order chi connectivity index (χ1) is 15.4. The number of rotatable bonds is 2. The number of thiocarbonyl (C=S) groups is 1. The Bertz CT molecular complexity index is 1220. The van der Waals surface area contributed by atoms with Crippen molar-refractivity contribution < 1.29 is 14.5 Å². The van der Waals surface area contributed by atoms with Crippen LogP contribution < -0.4 is 10.6 Å². The Labute approximate surface area is 196 Å². The van der Waals surface area contributed by atoms with Gasteiger partial charge in [0.2, 0.25) is 5.91 Å². The van der Waals surface area contributed by atoms with Crippen LogP contribution in [0.15, 0.2) is 48.5 Å². The predicted octanol–water partition coefficient (Wildman–Crippen LogP) is 2.80. The number of fused-ring (bicyclic) bond motifs is 5. The molecule has 4 atom stereocenters. The zero-order valence-electron chi connectivity index (χ0n) is 16.4. The van der Waals surface area contributed by atoms with Gasteiger partial charge in [0, 0.05) is 47.0 Å². The molecule has 4 aliphatic heterocycles. The Morgan fingerprint density at radius 2 is 1.84 bits per heavy atom. The Balaban J connectivity index is 1.65. The molecule has 0 saturated carbocycles. The van der Waals surface area contributed by atoms with Crippen LogP contribution in [0.3, 0.4) is 0 Å². The van der Waals surface area contributed by atoms with E-state index in [-0.39, 0.29) is 29.5 Å². The smallest absolute Gasteiger partial charge is 0.269 e. The summed E-state index contributed by atoms with van der Waals surface area (Å²) in [6, 6.07) is 13.7. The van der Waals surface area contributed by atoms with Gasteiger partial charge in [0.1, 0.15) is 9.07 Å². The highest BCUT2D eigenvalue weighted by Crippen LogP contribution is 2.68. The Morgan fingerprint density at radius 3 is 2.53 bits per heavy atom. The first-order valence-corrected chi connectivity index (χ1v) is 12.3. The number of amides is 2. The highest BCUT2D eigenvalue weighted by molar-refractivity contribution is 8.25. The van der Waals surface area contributed by atoms with E-state index in [1.807, 2.05) is 24.3 Å². The molecule has 3 fully saturated rings. The monoisotopic (exact) mass is 484 g/mol. The average Bonchev–Trinajstić information content (AvgIpc) is 3.48. The number of nitrogens with one attached hydrogen (secondary N) is 2. The van der Waals surface area contributed by atoms with Crippen molar-refractivity contribution in [3.05, 3.63) is 69.8 Å². The molecule has 4 aliphatic rings. The van der Waals surface area contributed by atoms with Crippen LogP contribution in [-0.4, -0.2) is 48.4 Å². The quantitative estimate of drug-likeness (QED) is 0.381. The predicted molar refractivity (Wildman–Crippen MR) is 127 cm³/mol. The van der Waals surface area contributed by atoms with E-state index in [1.54, 1.807) is 23.9 Å². The van der Waals surface area contributed by atoms with Crippen LogP contribution in [-0.2, 0) is 15.1 Å². The molecule has 0 aromatic heterocycles. The van der Waals surface area contributed by atoms with Crippen LogP contribution in [0.1, 0.15) is 17.0 Å². The molecule has 2 aromatic rings. The molecule has 6 rings (SSSR count). The van der Waals surface area contributed by atoms with Gasteiger partial charge >= 0.3 is 0 Å². The number of thioether (sulfide) groups is 2. The van der Waals surface area contributed by atoms with Crippen LogP contribution in [0, 0.1) is 10.1 Å². The Hall–Kier alpha value is -2.47. The van der Waals surface area contributed by atoms with Crippen molar-refractivity contribution in [3.8, 4) is 0 Å². The lowest BCUT2D eigenvalue weighted by atomic mass is 9.71. The van der Waals surface area contributed by atoms with E-state index >= 15 is 0 Å². The summed E-state index contributed by atoms with van der Waals surface area (Å²) >= 11 is 8.40. The van der Waals surface area contributed by atoms with Gasteiger partial charge in [-0.25, -0.2) is 0 Å². The second-order valence-electron chi connectivity index (χ2n) is 8.15. The van der Waals surface area contributed by atoms with Gasteiger partial charge in [0.25, 0.3) is 11.6 Å². The van der Waals surface area contributed by atoms with Crippen LogP contribution in [0.4, 0.5) is 11.4 Å². The number of carbonyl (C=O) groups is 2. The number of para-hydroxylation sites is 1. The lowest BCUT2D eigenvalue weighted by Gasteiger charge is -2.42. The second-order valence-corrected chi connectivity index (χ2v) is 11.1. The minimum absolute atomic E-state index is 0.0174. The van der Waals surface area contributed by atoms with Crippen molar-refractivity contribution >= 4 is 63.3 Å². The number of benzene rings is 2. The highest BCUT2D eigenvalue weighted by Gasteiger charge is 2.80. The molecular weight excluding hydrogens is 468 g/mol. The zero-order chi connectivity index (χ0) is 22.3. The molecule has 0 aliphatic carbocycles. The molecule has 11 heteroatoms. The maximum Gasteiger partial charge on any atom is 0.269 e. The molecule has 1 unspecified atom stereocenters. The standard InChI is InChI=1S/C21H16N4O4S3/c26-17-20(13-3-1-2-4-14(13)22-17)21(18(27)23-19(30)32-21)16(15-9-31-10-24(15)20)11-5-7-12(8-6-11)25(28)29/h1-8,15-16H,9-10H2,(H,22,26)(H,23,27,30)/t15?,16-,20-,21+/m0/s1. The van der Waals surface area contributed by atoms with Gasteiger partial charge in [0.05, 0.1) is 4.92 Å². The van der Waals surface area contributed by atoms with Crippen molar-refractivity contribution in [2.45, 2.75) is 22.2 Å². The van der Waals surface area contributed by atoms with Crippen molar-refractivity contribution in [1.29, 1.82) is 0 Å². The summed E-state index contributed by atoms with van der Waals surface area (Å²) in [7, 11) is 0. The van der Waals surface area contributed by atoms with Crippen molar-refractivity contribution in [2.75, 3.05) is 16.9 Å². The first kappa shape index (κ1) is 20.2. The van der Waals surface area contributed by atoms with Crippen LogP contribution in [0.25, 0.3) is 0 Å². The van der Waals surface area contributed by atoms with Crippen LogP contribution >= 0.6 is 35.7 Å². The fourth-order valence-corrected chi connectivity index (χ4v) is 9.05. The molecule has 0 bridgehead atoms. The van der Waals surface area contributed by atoms with E-state index in [9.17, 15) is 19.7 Å². The maximum atomic E-state index is 13.8. The average molecular weight is 485 g/mol. The normalized spacial score (nSPS) is 32.9. The fourth-order valence-electron chi connectivity index (χ4n) is 5.79.